The summed E-state index contributed by atoms with van der Waals surface area (Å²) in [7, 11) is 3.12. The second-order valence-corrected chi connectivity index (χ2v) is 3.37. The average molecular weight is 334 g/mol. The van der Waals surface area contributed by atoms with Crippen LogP contribution in [0.3, 0.4) is 0 Å². The molecule has 17 heavy (non-hydrogen) atoms. The summed E-state index contributed by atoms with van der Waals surface area (Å²) < 4.78 is 197. The molecule has 0 aromatic heterocycles. The van der Waals surface area contributed by atoms with Crippen molar-refractivity contribution < 1.29 is 55.7 Å². The van der Waals surface area contributed by atoms with Crippen molar-refractivity contribution in [3.63, 3.8) is 0 Å². The van der Waals surface area contributed by atoms with Crippen LogP contribution in [0.5, 0.6) is 0 Å². The number of rotatable bonds is 11. The van der Waals surface area contributed by atoms with Gasteiger partial charge in [0, 0.05) is 31.5 Å². The Kier molecular flexibility index (Phi) is 2.18. The van der Waals surface area contributed by atoms with E-state index in [1.807, 2.05) is 0 Å². The van der Waals surface area contributed by atoms with Crippen molar-refractivity contribution >= 4 is 0 Å². The summed E-state index contributed by atoms with van der Waals surface area (Å²) in [6, 6.07) is 0. The Morgan fingerprint density at radius 1 is 0.765 bits per heavy atom. The third-order valence-corrected chi connectivity index (χ3v) is 0.954. The van der Waals surface area contributed by atoms with E-state index < -0.39 is 81.6 Å². The molecule has 0 saturated carbocycles. The van der Waals surface area contributed by atoms with Crippen molar-refractivity contribution in [2.45, 2.75) is 70.6 Å². The molecule has 0 aliphatic carbocycles. The highest BCUT2D eigenvalue weighted by Crippen LogP contribution is 2.10. The third-order valence-electron chi connectivity index (χ3n) is 0.954. The maximum atomic E-state index is 8.14. The normalized spacial score (nSPS) is 43.1. The Labute approximate surface area is 155 Å². The zero-order valence-corrected chi connectivity index (χ0v) is 11.4. The molecule has 0 saturated heterocycles. The van der Waals surface area contributed by atoms with Gasteiger partial charge < -0.3 is 21.5 Å². The number of hydrogen-bond acceptors (Lipinski definition) is 0. The largest absolute Gasteiger partial charge is 1.00 e. The standard InChI is InChI=1S/C15H34N.BrH/c1-5-6-7-8-9-10-11-12-13-14-15-16(2,3)4;/h5-15H2,1-4H3;1H/q+1;/p-1/i1D3,5D2,6D2,7D2,8D2,9D2,10D2,11D2,12D2,13D2,14D2,15D2;. The Hall–Kier alpha value is 0.440. The van der Waals surface area contributed by atoms with E-state index in [9.17, 15) is 0 Å². The predicted molar refractivity (Wildman–Crippen MR) is 74.7 cm³/mol. The second kappa shape index (κ2) is 12.9. The molecule has 0 spiro atoms. The van der Waals surface area contributed by atoms with Gasteiger partial charge >= 0.3 is 0 Å². The van der Waals surface area contributed by atoms with Crippen molar-refractivity contribution in [3.05, 3.63) is 0 Å². The predicted octanol–water partition coefficient (Wildman–Crippen LogP) is 1.62. The van der Waals surface area contributed by atoms with Crippen LogP contribution < -0.4 is 17.0 Å². The van der Waals surface area contributed by atoms with Gasteiger partial charge in [-0.05, 0) is 12.7 Å². The van der Waals surface area contributed by atoms with Gasteiger partial charge in [-0.15, -0.1) is 0 Å². The zero-order valence-electron chi connectivity index (χ0n) is 34.8. The monoisotopic (exact) mass is 332 g/mol. The van der Waals surface area contributed by atoms with Crippen LogP contribution in [0.1, 0.15) is 105 Å². The molecule has 1 nitrogen and oxygen atoms in total. The van der Waals surface area contributed by atoms with Crippen LogP contribution in [0, 0.1) is 0 Å². The molecule has 0 fully saturated rings. The minimum absolute atomic E-state index is 0. The van der Waals surface area contributed by atoms with E-state index in [1.165, 1.54) is 0 Å². The first kappa shape index (κ1) is 2.88. The van der Waals surface area contributed by atoms with Crippen molar-refractivity contribution in [2.75, 3.05) is 27.6 Å². The van der Waals surface area contributed by atoms with E-state index in [0.717, 1.165) is 21.1 Å². The summed E-state index contributed by atoms with van der Waals surface area (Å²) in [6.45, 7) is -7.35. The highest BCUT2D eigenvalue weighted by atomic mass is 79.9. The minimum Gasteiger partial charge on any atom is -1.00 e. The average Bonchev–Trinajstić information content (AvgIpc) is 2.70. The van der Waals surface area contributed by atoms with Crippen molar-refractivity contribution in [1.29, 1.82) is 0 Å². The molecule has 0 rings (SSSR count). The lowest BCUT2D eigenvalue weighted by atomic mass is 10.1. The second-order valence-electron chi connectivity index (χ2n) is 3.37. The highest BCUT2D eigenvalue weighted by Gasteiger charge is 2.04. The van der Waals surface area contributed by atoms with E-state index in [0.29, 0.717) is 0 Å². The lowest BCUT2D eigenvalue weighted by Gasteiger charge is -2.23. The van der Waals surface area contributed by atoms with Gasteiger partial charge in [-0.2, -0.15) is 0 Å². The number of halogens is 1. The molecule has 0 amide bonds. The summed E-state index contributed by atoms with van der Waals surface area (Å²) >= 11 is 0. The van der Waals surface area contributed by atoms with Gasteiger partial charge in [-0.3, -0.25) is 0 Å². The van der Waals surface area contributed by atoms with Crippen molar-refractivity contribution in [1.82, 2.24) is 0 Å². The molecule has 0 atom stereocenters. The SMILES string of the molecule is [2H]C([2H])([2H])C([2H])([2H])C([2H])([2H])C([2H])([2H])C([2H])([2H])C([2H])([2H])C([2H])([2H])C([2H])([2H])C([2H])([2H])C([2H])([2H])C([2H])([2H])C([2H])([2H])[N+](C)(C)C.[Br-]. The first-order valence-corrected chi connectivity index (χ1v) is 4.32. The fraction of sp³-hybridized carbons (Fsp3) is 1.00. The van der Waals surface area contributed by atoms with Crippen LogP contribution in [0.15, 0.2) is 0 Å². The first-order valence-electron chi connectivity index (χ1n) is 16.8. The first-order chi connectivity index (χ1) is 17.0. The number of nitrogens with zero attached hydrogens (tertiary/aromatic N) is 1. The van der Waals surface area contributed by atoms with E-state index in [4.69, 9.17) is 34.3 Å². The lowest BCUT2D eigenvalue weighted by Crippen LogP contribution is -3.00. The highest BCUT2D eigenvalue weighted by molar-refractivity contribution is 4.47. The van der Waals surface area contributed by atoms with Crippen LogP contribution in [0.4, 0.5) is 0 Å². The van der Waals surface area contributed by atoms with Crippen LogP contribution in [0.25, 0.3) is 0 Å². The Morgan fingerprint density at radius 3 is 1.59 bits per heavy atom. The third kappa shape index (κ3) is 19.0. The molecule has 0 heterocycles. The van der Waals surface area contributed by atoms with E-state index >= 15 is 0 Å². The topological polar surface area (TPSA) is 0 Å². The van der Waals surface area contributed by atoms with Crippen molar-refractivity contribution in [3.8, 4) is 0 Å². The summed E-state index contributed by atoms with van der Waals surface area (Å²) in [5, 5.41) is 0. The molecular formula is C15H34BrN. The molecule has 106 valence electrons. The summed E-state index contributed by atoms with van der Waals surface area (Å²) in [6.07, 6.45) is -45.4. The van der Waals surface area contributed by atoms with Gasteiger partial charge in [0.2, 0.25) is 0 Å². The van der Waals surface area contributed by atoms with Gasteiger partial charge in [0.25, 0.3) is 0 Å². The Balaban J connectivity index is 0. The van der Waals surface area contributed by atoms with Crippen LogP contribution in [-0.2, 0) is 0 Å². The summed E-state index contributed by atoms with van der Waals surface area (Å²) in [5.74, 6) is 0. The smallest absolute Gasteiger partial charge is 0.0924 e. The summed E-state index contributed by atoms with van der Waals surface area (Å²) in [5.41, 5.74) is 0. The van der Waals surface area contributed by atoms with E-state index in [2.05, 4.69) is 0 Å². The molecule has 0 bridgehead atoms. The van der Waals surface area contributed by atoms with Crippen LogP contribution >= 0.6 is 0 Å². The molecule has 0 unspecified atom stereocenters. The zero-order chi connectivity index (χ0) is 34.5. The maximum Gasteiger partial charge on any atom is 0.0924 e. The quantitative estimate of drug-likeness (QED) is 0.504. The molecule has 0 aliphatic rings. The van der Waals surface area contributed by atoms with Crippen LogP contribution in [0.2, 0.25) is 0 Å². The fourth-order valence-electron chi connectivity index (χ4n) is 0.446. The number of quaternary nitrogens is 1. The van der Waals surface area contributed by atoms with Gasteiger partial charge in [0.1, 0.15) is 0 Å². The van der Waals surface area contributed by atoms with Gasteiger partial charge in [-0.25, -0.2) is 0 Å². The van der Waals surface area contributed by atoms with E-state index in [-0.39, 0.29) is 17.0 Å². The van der Waals surface area contributed by atoms with Gasteiger partial charge in [0.15, 0.2) is 0 Å². The fourth-order valence-corrected chi connectivity index (χ4v) is 0.446. The lowest BCUT2D eigenvalue weighted by molar-refractivity contribution is -0.870. The Bertz CT molecular complexity index is 893. The Morgan fingerprint density at radius 2 is 1.18 bits per heavy atom. The minimum atomic E-state index is -4.78. The van der Waals surface area contributed by atoms with Gasteiger partial charge in [-0.1, -0.05) is 57.8 Å². The maximum absolute atomic E-state index is 8.14. The van der Waals surface area contributed by atoms with Crippen molar-refractivity contribution in [2.24, 2.45) is 0 Å². The van der Waals surface area contributed by atoms with Gasteiger partial charge in [0.05, 0.1) is 30.4 Å². The molecular weight excluding hydrogens is 274 g/mol. The van der Waals surface area contributed by atoms with E-state index in [1.54, 1.807) is 0 Å². The molecule has 0 aromatic carbocycles. The molecule has 0 aliphatic heterocycles. The molecule has 0 N–H and O–H groups in total. The summed E-state index contributed by atoms with van der Waals surface area (Å²) in [4.78, 5) is 0. The molecule has 0 aromatic rings. The number of hydrogen-bond donors (Lipinski definition) is 0. The van der Waals surface area contributed by atoms with Crippen LogP contribution in [-0.4, -0.2) is 32.1 Å². The molecule has 2 heteroatoms. The molecule has 0 radical (unpaired) electrons.